The third-order valence-electron chi connectivity index (χ3n) is 6.05. The number of hydrogen-bond donors (Lipinski definition) is 1. The van der Waals surface area contributed by atoms with Gasteiger partial charge in [0.25, 0.3) is 0 Å². The third-order valence-corrected chi connectivity index (χ3v) is 6.05. The predicted octanol–water partition coefficient (Wildman–Crippen LogP) is 1.97. The Morgan fingerprint density at radius 1 is 1.00 bits per heavy atom. The van der Waals surface area contributed by atoms with Crippen molar-refractivity contribution in [2.45, 2.75) is 44.9 Å². The van der Waals surface area contributed by atoms with E-state index in [9.17, 15) is 14.4 Å². The molecule has 0 bridgehead atoms. The topological polar surface area (TPSA) is 69.7 Å². The van der Waals surface area contributed by atoms with Crippen LogP contribution in [0.4, 0.5) is 5.69 Å². The van der Waals surface area contributed by atoms with Crippen LogP contribution in [0.15, 0.2) is 18.2 Å². The number of benzene rings is 1. The van der Waals surface area contributed by atoms with Gasteiger partial charge in [0.1, 0.15) is 0 Å². The quantitative estimate of drug-likeness (QED) is 0.886. The lowest BCUT2D eigenvalue weighted by atomic mass is 9.88. The Morgan fingerprint density at radius 2 is 1.70 bits per heavy atom. The smallest absolute Gasteiger partial charge is 0.228 e. The van der Waals surface area contributed by atoms with Crippen LogP contribution in [0, 0.1) is 5.92 Å². The van der Waals surface area contributed by atoms with Crippen LogP contribution in [0.25, 0.3) is 0 Å². The maximum absolute atomic E-state index is 12.7. The SMILES string of the molecule is O=C1Cc2cc(CC(=O)N3CCN(C(=O)C4CCCCC4)CC3)ccc2N1. The molecule has 27 heavy (non-hydrogen) atoms. The molecule has 1 aromatic carbocycles. The predicted molar refractivity (Wildman–Crippen MR) is 102 cm³/mol. The fraction of sp³-hybridized carbons (Fsp3) is 0.571. The molecule has 2 heterocycles. The highest BCUT2D eigenvalue weighted by Crippen LogP contribution is 2.26. The van der Waals surface area contributed by atoms with Crippen molar-refractivity contribution in [1.29, 1.82) is 0 Å². The van der Waals surface area contributed by atoms with Crippen LogP contribution in [-0.4, -0.2) is 53.7 Å². The van der Waals surface area contributed by atoms with Gasteiger partial charge in [-0.2, -0.15) is 0 Å². The molecule has 3 amide bonds. The Bertz CT molecular complexity index is 747. The Balaban J connectivity index is 1.29. The molecule has 0 unspecified atom stereocenters. The summed E-state index contributed by atoms with van der Waals surface area (Å²) in [6, 6.07) is 5.74. The van der Waals surface area contributed by atoms with Crippen molar-refractivity contribution >= 4 is 23.4 Å². The molecule has 144 valence electrons. The van der Waals surface area contributed by atoms with Crippen molar-refractivity contribution in [3.63, 3.8) is 0 Å². The Kier molecular flexibility index (Phi) is 5.14. The van der Waals surface area contributed by atoms with Crippen molar-refractivity contribution in [3.8, 4) is 0 Å². The molecule has 1 aliphatic carbocycles. The highest BCUT2D eigenvalue weighted by Gasteiger charge is 2.29. The van der Waals surface area contributed by atoms with Gasteiger partial charge in [-0.15, -0.1) is 0 Å². The van der Waals surface area contributed by atoms with Gasteiger partial charge in [0.05, 0.1) is 12.8 Å². The van der Waals surface area contributed by atoms with Crippen LogP contribution in [0.5, 0.6) is 0 Å². The van der Waals surface area contributed by atoms with E-state index < -0.39 is 0 Å². The second-order valence-electron chi connectivity index (χ2n) is 7.93. The lowest BCUT2D eigenvalue weighted by Gasteiger charge is -2.37. The first-order chi connectivity index (χ1) is 13.1. The summed E-state index contributed by atoms with van der Waals surface area (Å²) >= 11 is 0. The average Bonchev–Trinajstić information content (AvgIpc) is 3.07. The van der Waals surface area contributed by atoms with Crippen molar-refractivity contribution in [3.05, 3.63) is 29.3 Å². The number of carbonyl (C=O) groups excluding carboxylic acids is 3. The number of nitrogens with one attached hydrogen (secondary N) is 1. The van der Waals surface area contributed by atoms with E-state index in [1.165, 1.54) is 6.42 Å². The summed E-state index contributed by atoms with van der Waals surface area (Å²) < 4.78 is 0. The monoisotopic (exact) mass is 369 g/mol. The van der Waals surface area contributed by atoms with Crippen molar-refractivity contribution in [1.82, 2.24) is 9.80 Å². The van der Waals surface area contributed by atoms with E-state index >= 15 is 0 Å². The molecule has 1 aromatic rings. The Morgan fingerprint density at radius 3 is 2.44 bits per heavy atom. The van der Waals surface area contributed by atoms with Gasteiger partial charge in [-0.25, -0.2) is 0 Å². The second kappa shape index (κ2) is 7.71. The van der Waals surface area contributed by atoms with E-state index in [2.05, 4.69) is 5.32 Å². The van der Waals surface area contributed by atoms with E-state index in [4.69, 9.17) is 0 Å². The number of carbonyl (C=O) groups is 3. The molecule has 1 N–H and O–H groups in total. The van der Waals surface area contributed by atoms with Crippen LogP contribution in [0.1, 0.15) is 43.2 Å². The summed E-state index contributed by atoms with van der Waals surface area (Å²) in [5, 5.41) is 2.81. The van der Waals surface area contributed by atoms with E-state index in [1.54, 1.807) is 0 Å². The fourth-order valence-corrected chi connectivity index (χ4v) is 4.46. The summed E-state index contributed by atoms with van der Waals surface area (Å²) in [5.74, 6) is 0.588. The second-order valence-corrected chi connectivity index (χ2v) is 7.93. The molecule has 0 radical (unpaired) electrons. The molecule has 4 rings (SSSR count). The van der Waals surface area contributed by atoms with Gasteiger partial charge < -0.3 is 15.1 Å². The number of amides is 3. The molecule has 2 aliphatic heterocycles. The van der Waals surface area contributed by atoms with Gasteiger partial charge >= 0.3 is 0 Å². The van der Waals surface area contributed by atoms with Gasteiger partial charge in [0, 0.05) is 37.8 Å². The largest absolute Gasteiger partial charge is 0.339 e. The first-order valence-corrected chi connectivity index (χ1v) is 10.1. The highest BCUT2D eigenvalue weighted by molar-refractivity contribution is 5.99. The average molecular weight is 369 g/mol. The summed E-state index contributed by atoms with van der Waals surface area (Å²) in [6.45, 7) is 2.51. The van der Waals surface area contributed by atoms with Gasteiger partial charge in [0.2, 0.25) is 17.7 Å². The lowest BCUT2D eigenvalue weighted by molar-refractivity contribution is -0.142. The van der Waals surface area contributed by atoms with Gasteiger partial charge in [-0.05, 0) is 30.0 Å². The molecular formula is C21H27N3O3. The maximum Gasteiger partial charge on any atom is 0.228 e. The summed E-state index contributed by atoms with van der Waals surface area (Å²) in [4.78, 5) is 40.6. The number of rotatable bonds is 3. The van der Waals surface area contributed by atoms with Gasteiger partial charge in [0.15, 0.2) is 0 Å². The number of fused-ring (bicyclic) bond motifs is 1. The molecule has 1 saturated heterocycles. The molecule has 2 fully saturated rings. The molecule has 1 saturated carbocycles. The highest BCUT2D eigenvalue weighted by atomic mass is 16.2. The first kappa shape index (κ1) is 18.0. The van der Waals surface area contributed by atoms with E-state index in [1.807, 2.05) is 28.0 Å². The van der Waals surface area contributed by atoms with Crippen molar-refractivity contribution in [2.75, 3.05) is 31.5 Å². The number of nitrogens with zero attached hydrogens (tertiary/aromatic N) is 2. The first-order valence-electron chi connectivity index (χ1n) is 10.1. The summed E-state index contributed by atoms with van der Waals surface area (Å²) in [5.41, 5.74) is 2.76. The van der Waals surface area contributed by atoms with Crippen LogP contribution in [0.2, 0.25) is 0 Å². The zero-order chi connectivity index (χ0) is 18.8. The number of anilines is 1. The van der Waals surface area contributed by atoms with E-state index in [0.717, 1.165) is 42.5 Å². The molecule has 0 atom stereocenters. The van der Waals surface area contributed by atoms with Gasteiger partial charge in [-0.1, -0.05) is 31.4 Å². The maximum atomic E-state index is 12.7. The third kappa shape index (κ3) is 3.99. The van der Waals surface area contributed by atoms with E-state index in [-0.39, 0.29) is 23.6 Å². The van der Waals surface area contributed by atoms with Crippen molar-refractivity contribution in [2.24, 2.45) is 5.92 Å². The van der Waals surface area contributed by atoms with Crippen LogP contribution >= 0.6 is 0 Å². The summed E-state index contributed by atoms with van der Waals surface area (Å²) in [7, 11) is 0. The number of hydrogen-bond acceptors (Lipinski definition) is 3. The Hall–Kier alpha value is -2.37. The minimum atomic E-state index is 0.00670. The van der Waals surface area contributed by atoms with Crippen LogP contribution < -0.4 is 5.32 Å². The van der Waals surface area contributed by atoms with E-state index in [0.29, 0.717) is 39.0 Å². The normalized spacial score (nSPS) is 20.4. The Labute approximate surface area is 159 Å². The van der Waals surface area contributed by atoms with Crippen molar-refractivity contribution < 1.29 is 14.4 Å². The standard InChI is InChI=1S/C21H27N3O3/c25-19-14-17-12-15(6-7-18(17)22-19)13-20(26)23-8-10-24(11-9-23)21(27)16-4-2-1-3-5-16/h6-7,12,16H,1-5,8-11,13-14H2,(H,22,25). The van der Waals surface area contributed by atoms with Gasteiger partial charge in [-0.3, -0.25) is 14.4 Å². The molecule has 0 spiro atoms. The molecule has 0 aromatic heterocycles. The molecule has 6 nitrogen and oxygen atoms in total. The van der Waals surface area contributed by atoms with Crippen LogP contribution in [-0.2, 0) is 27.2 Å². The fourth-order valence-electron chi connectivity index (χ4n) is 4.46. The summed E-state index contributed by atoms with van der Waals surface area (Å²) in [6.07, 6.45) is 6.35. The molecule has 3 aliphatic rings. The molecule has 6 heteroatoms. The number of piperazine rings is 1. The molecular weight excluding hydrogens is 342 g/mol. The van der Waals surface area contributed by atoms with Crippen LogP contribution in [0.3, 0.4) is 0 Å². The zero-order valence-corrected chi connectivity index (χ0v) is 15.7. The lowest BCUT2D eigenvalue weighted by Crippen LogP contribution is -2.52. The minimum Gasteiger partial charge on any atom is -0.339 e. The minimum absolute atomic E-state index is 0.00670. The zero-order valence-electron chi connectivity index (χ0n) is 15.7.